The Morgan fingerprint density at radius 3 is 2.82 bits per heavy atom. The Kier molecular flexibility index (Phi) is 9.83. The fourth-order valence-electron chi connectivity index (χ4n) is 2.81. The van der Waals surface area contributed by atoms with E-state index in [1.807, 2.05) is 31.4 Å². The van der Waals surface area contributed by atoms with E-state index in [4.69, 9.17) is 4.74 Å². The summed E-state index contributed by atoms with van der Waals surface area (Å²) in [6.07, 6.45) is 6.58. The molecule has 0 spiro atoms. The van der Waals surface area contributed by atoms with Crippen LogP contribution in [-0.4, -0.2) is 41.6 Å². The molecule has 0 aliphatic carbocycles. The van der Waals surface area contributed by atoms with Gasteiger partial charge in [-0.15, -0.1) is 0 Å². The van der Waals surface area contributed by atoms with Crippen LogP contribution in [0.1, 0.15) is 33.6 Å². The molecule has 1 amide bonds. The molecule has 2 rings (SSSR count). The van der Waals surface area contributed by atoms with E-state index < -0.39 is 5.60 Å². The molecule has 2 aromatic rings. The van der Waals surface area contributed by atoms with Crippen molar-refractivity contribution in [1.29, 1.82) is 0 Å². The highest BCUT2D eigenvalue weighted by Gasteiger charge is 2.15. The van der Waals surface area contributed by atoms with E-state index in [0.717, 1.165) is 41.4 Å². The molecule has 6 nitrogen and oxygen atoms in total. The fraction of sp³-hybridized carbons (Fsp3) is 0.556. The number of hydrogen-bond acceptors (Lipinski definition) is 4. The average molecular weight is 581 g/mol. The van der Waals surface area contributed by atoms with Gasteiger partial charge in [0.05, 0.1) is 18.1 Å². The second-order valence-corrected chi connectivity index (χ2v) is 10.6. The van der Waals surface area contributed by atoms with Crippen LogP contribution in [0.2, 0.25) is 12.6 Å². The number of ether oxygens (including phenoxy) is 1. The standard InChI is InChI=1S/C18H28BBrIN4O2P/c1-18(2,3)27-17(26)23-8-5-4-6-19-7-9-22-15-10-13(20)11-16-14(15)12-24-25(16)28-21/h10-12,19,22,28H,4-9H2,1-3H3,(H,23,26). The normalized spacial score (nSPS) is 11.9. The Morgan fingerprint density at radius 1 is 1.32 bits per heavy atom. The predicted molar refractivity (Wildman–Crippen MR) is 134 cm³/mol. The molecule has 0 bridgehead atoms. The van der Waals surface area contributed by atoms with Gasteiger partial charge in [0.15, 0.2) is 0 Å². The molecule has 0 saturated heterocycles. The van der Waals surface area contributed by atoms with Crippen molar-refractivity contribution in [3.05, 3.63) is 22.8 Å². The molecule has 0 saturated carbocycles. The van der Waals surface area contributed by atoms with E-state index >= 15 is 0 Å². The summed E-state index contributed by atoms with van der Waals surface area (Å²) in [4.78, 5) is 11.6. The third-order valence-corrected chi connectivity index (χ3v) is 6.42. The number of hydrogen-bond donors (Lipinski definition) is 2. The van der Waals surface area contributed by atoms with E-state index in [0.29, 0.717) is 12.9 Å². The van der Waals surface area contributed by atoms with Gasteiger partial charge in [0.25, 0.3) is 0 Å². The van der Waals surface area contributed by atoms with Crippen molar-refractivity contribution in [3.63, 3.8) is 0 Å². The Morgan fingerprint density at radius 2 is 2.11 bits per heavy atom. The number of aromatic nitrogens is 2. The SMILES string of the molecule is CC(C)(C)OC(=O)NCCCCBCCNc1cc(Br)cc2c1cnn2PI. The number of anilines is 1. The van der Waals surface area contributed by atoms with Crippen LogP contribution in [-0.2, 0) is 4.74 Å². The van der Waals surface area contributed by atoms with Gasteiger partial charge in [-0.1, -0.05) is 35.0 Å². The molecule has 0 aliphatic heterocycles. The molecule has 154 valence electrons. The number of nitrogens with one attached hydrogen (secondary N) is 2. The smallest absolute Gasteiger partial charge is 0.407 e. The van der Waals surface area contributed by atoms with Crippen LogP contribution < -0.4 is 10.6 Å². The minimum absolute atomic E-state index is 0.330. The molecule has 2 N–H and O–H groups in total. The van der Waals surface area contributed by atoms with E-state index in [9.17, 15) is 4.79 Å². The predicted octanol–water partition coefficient (Wildman–Crippen LogP) is 5.58. The van der Waals surface area contributed by atoms with E-state index in [1.165, 1.54) is 19.0 Å². The minimum atomic E-state index is -0.438. The van der Waals surface area contributed by atoms with Crippen molar-refractivity contribution in [2.75, 3.05) is 18.4 Å². The van der Waals surface area contributed by atoms with Crippen LogP contribution in [0.25, 0.3) is 10.9 Å². The molecular formula is C18H28BBrIN4O2P. The molecule has 0 radical (unpaired) electrons. The molecule has 1 aromatic heterocycles. The van der Waals surface area contributed by atoms with Crippen molar-refractivity contribution in [2.45, 2.75) is 51.9 Å². The number of nitrogens with zero attached hydrogens (tertiary/aromatic N) is 2. The van der Waals surface area contributed by atoms with Crippen LogP contribution in [0.5, 0.6) is 0 Å². The number of carbonyl (C=O) groups is 1. The zero-order chi connectivity index (χ0) is 20.6. The summed E-state index contributed by atoms with van der Waals surface area (Å²) in [5, 5.41) is 12.0. The topological polar surface area (TPSA) is 68.2 Å². The van der Waals surface area contributed by atoms with Gasteiger partial charge in [0.2, 0.25) is 0 Å². The number of carbonyl (C=O) groups excluding carboxylic acids is 1. The second kappa shape index (κ2) is 11.6. The van der Waals surface area contributed by atoms with Crippen molar-refractivity contribution >= 4 is 74.3 Å². The molecule has 10 heteroatoms. The highest BCUT2D eigenvalue weighted by atomic mass is 127. The molecular weight excluding hydrogens is 553 g/mol. The quantitative estimate of drug-likeness (QED) is 0.167. The first-order valence-corrected chi connectivity index (χ1v) is 14.4. The summed E-state index contributed by atoms with van der Waals surface area (Å²) < 4.78 is 8.31. The third-order valence-electron chi connectivity index (χ3n) is 4.07. The zero-order valence-electron chi connectivity index (χ0n) is 16.6. The lowest BCUT2D eigenvalue weighted by atomic mass is 9.69. The van der Waals surface area contributed by atoms with Crippen molar-refractivity contribution in [2.24, 2.45) is 0 Å². The molecule has 28 heavy (non-hydrogen) atoms. The molecule has 1 heterocycles. The third kappa shape index (κ3) is 8.07. The van der Waals surface area contributed by atoms with Crippen LogP contribution in [0.15, 0.2) is 22.8 Å². The molecule has 0 fully saturated rings. The number of halogens is 2. The van der Waals surface area contributed by atoms with Crippen LogP contribution in [0, 0.1) is 0 Å². The van der Waals surface area contributed by atoms with Crippen molar-refractivity contribution < 1.29 is 9.53 Å². The highest BCUT2D eigenvalue weighted by Crippen LogP contribution is 2.34. The summed E-state index contributed by atoms with van der Waals surface area (Å²) in [6, 6.07) is 4.23. The molecule has 1 aromatic carbocycles. The first-order valence-electron chi connectivity index (χ1n) is 9.55. The molecule has 1 unspecified atom stereocenters. The highest BCUT2D eigenvalue weighted by molar-refractivity contribution is 14.2. The summed E-state index contributed by atoms with van der Waals surface area (Å²) in [6.45, 7) is 7.23. The first-order chi connectivity index (χ1) is 13.3. The summed E-state index contributed by atoms with van der Waals surface area (Å²) in [5.41, 5.74) is 1.85. The monoisotopic (exact) mass is 580 g/mol. The largest absolute Gasteiger partial charge is 0.444 e. The maximum absolute atomic E-state index is 11.6. The Hall–Kier alpha value is -0.535. The van der Waals surface area contributed by atoms with E-state index in [1.54, 1.807) is 0 Å². The number of fused-ring (bicyclic) bond motifs is 1. The van der Waals surface area contributed by atoms with Gasteiger partial charge in [-0.25, -0.2) is 9.25 Å². The number of alkyl carbamates (subject to hydrolysis) is 1. The van der Waals surface area contributed by atoms with Gasteiger partial charge in [-0.3, -0.25) is 0 Å². The summed E-state index contributed by atoms with van der Waals surface area (Å²) in [5.74, 6) is 0. The lowest BCUT2D eigenvalue weighted by Crippen LogP contribution is -2.33. The lowest BCUT2D eigenvalue weighted by Gasteiger charge is -2.19. The van der Waals surface area contributed by atoms with Crippen LogP contribution in [0.3, 0.4) is 0 Å². The zero-order valence-corrected chi connectivity index (χ0v) is 21.4. The first kappa shape index (κ1) is 23.7. The average Bonchev–Trinajstić information content (AvgIpc) is 3.01. The van der Waals surface area contributed by atoms with Crippen molar-refractivity contribution in [1.82, 2.24) is 14.9 Å². The van der Waals surface area contributed by atoms with E-state index in [2.05, 4.69) is 65.8 Å². The second-order valence-electron chi connectivity index (χ2n) is 7.65. The van der Waals surface area contributed by atoms with Gasteiger partial charge < -0.3 is 15.4 Å². The van der Waals surface area contributed by atoms with Gasteiger partial charge in [-0.2, -0.15) is 5.10 Å². The minimum Gasteiger partial charge on any atom is -0.444 e. The van der Waals surface area contributed by atoms with Gasteiger partial charge in [0, 0.05) is 28.6 Å². The Balaban J connectivity index is 1.61. The lowest BCUT2D eigenvalue weighted by molar-refractivity contribution is 0.0527. The maximum atomic E-state index is 11.6. The van der Waals surface area contributed by atoms with Crippen LogP contribution >= 0.6 is 44.3 Å². The number of unbranched alkanes of at least 4 members (excludes halogenated alkanes) is 1. The number of rotatable bonds is 10. The van der Waals surface area contributed by atoms with Crippen LogP contribution in [0.4, 0.5) is 10.5 Å². The van der Waals surface area contributed by atoms with Gasteiger partial charge >= 0.3 is 6.09 Å². The van der Waals surface area contributed by atoms with E-state index in [-0.39, 0.29) is 6.09 Å². The number of amides is 1. The molecule has 1 atom stereocenters. The van der Waals surface area contributed by atoms with Gasteiger partial charge in [-0.05, 0) is 61.4 Å². The van der Waals surface area contributed by atoms with Gasteiger partial charge in [0.1, 0.15) is 12.9 Å². The number of benzene rings is 1. The Labute approximate surface area is 191 Å². The maximum Gasteiger partial charge on any atom is 0.407 e. The Bertz CT molecular complexity index is 785. The fourth-order valence-corrected chi connectivity index (χ4v) is 4.79. The molecule has 0 aliphatic rings. The summed E-state index contributed by atoms with van der Waals surface area (Å²) >= 11 is 5.94. The van der Waals surface area contributed by atoms with Crippen molar-refractivity contribution in [3.8, 4) is 0 Å². The summed E-state index contributed by atoms with van der Waals surface area (Å²) in [7, 11) is 1.17.